The van der Waals surface area contributed by atoms with Crippen molar-refractivity contribution in [3.05, 3.63) is 84.2 Å². The topological polar surface area (TPSA) is 79.2 Å². The van der Waals surface area contributed by atoms with Gasteiger partial charge in [-0.3, -0.25) is 9.69 Å². The fraction of sp³-hybridized carbons (Fsp3) is 0.400. The molecule has 4 aromatic rings. The number of carbonyl (C=O) groups excluding carboxylic acids is 1. The molecule has 0 bridgehead atoms. The summed E-state index contributed by atoms with van der Waals surface area (Å²) in [5.41, 5.74) is 1.79. The molecule has 3 aromatic carbocycles. The van der Waals surface area contributed by atoms with Gasteiger partial charge in [-0.2, -0.15) is 0 Å². The van der Waals surface area contributed by atoms with E-state index < -0.39 is 5.54 Å². The van der Waals surface area contributed by atoms with E-state index in [1.54, 1.807) is 0 Å². The zero-order chi connectivity index (χ0) is 25.5. The van der Waals surface area contributed by atoms with Gasteiger partial charge in [-0.05, 0) is 64.6 Å². The maximum absolute atomic E-state index is 13.3. The lowest BCUT2D eigenvalue weighted by molar-refractivity contribution is -0.125. The number of nitrogens with zero attached hydrogens (tertiary/aromatic N) is 6. The van der Waals surface area contributed by atoms with Crippen molar-refractivity contribution in [1.82, 2.24) is 30.4 Å². The third kappa shape index (κ3) is 3.77. The Balaban J connectivity index is 1.27. The van der Waals surface area contributed by atoms with Crippen molar-refractivity contribution in [2.45, 2.75) is 56.1 Å². The second-order valence-electron chi connectivity index (χ2n) is 10.9. The lowest BCUT2D eigenvalue weighted by atomic mass is 9.84. The van der Waals surface area contributed by atoms with E-state index in [1.165, 1.54) is 29.2 Å². The van der Waals surface area contributed by atoms with Crippen LogP contribution in [0, 0.1) is 0 Å². The van der Waals surface area contributed by atoms with Crippen LogP contribution in [-0.2, 0) is 4.79 Å². The number of piperidine rings is 1. The van der Waals surface area contributed by atoms with Gasteiger partial charge in [0.05, 0.1) is 18.8 Å². The number of benzene rings is 3. The molecule has 3 fully saturated rings. The Morgan fingerprint density at radius 2 is 1.63 bits per heavy atom. The van der Waals surface area contributed by atoms with Crippen molar-refractivity contribution in [3.63, 3.8) is 0 Å². The summed E-state index contributed by atoms with van der Waals surface area (Å²) in [6, 6.07) is 25.7. The normalized spacial score (nSPS) is 20.8. The Labute approximate surface area is 222 Å². The average molecular weight is 508 g/mol. The molecule has 194 valence electrons. The Hall–Kier alpha value is -3.78. The number of amides is 1. The Bertz CT molecular complexity index is 1430. The number of hydrogen-bond donors (Lipinski definition) is 1. The number of aromatic nitrogens is 4. The zero-order valence-electron chi connectivity index (χ0n) is 21.5. The Kier molecular flexibility index (Phi) is 5.84. The van der Waals surface area contributed by atoms with Gasteiger partial charge in [0, 0.05) is 18.8 Å². The number of nitrogens with one attached hydrogen (secondary N) is 1. The van der Waals surface area contributed by atoms with E-state index >= 15 is 0 Å². The monoisotopic (exact) mass is 507 g/mol. The lowest BCUT2D eigenvalue weighted by Crippen LogP contribution is -2.57. The molecule has 38 heavy (non-hydrogen) atoms. The molecule has 3 heterocycles. The number of rotatable bonds is 5. The molecule has 1 unspecified atom stereocenters. The highest BCUT2D eigenvalue weighted by molar-refractivity contribution is 5.93. The highest BCUT2D eigenvalue weighted by Gasteiger charge is 2.51. The van der Waals surface area contributed by atoms with Crippen molar-refractivity contribution in [3.8, 4) is 0 Å². The van der Waals surface area contributed by atoms with Crippen LogP contribution in [0.2, 0.25) is 0 Å². The lowest BCUT2D eigenvalue weighted by Gasteiger charge is -2.45. The highest BCUT2D eigenvalue weighted by Crippen LogP contribution is 2.41. The fourth-order valence-corrected chi connectivity index (χ4v) is 6.96. The van der Waals surface area contributed by atoms with Crippen molar-refractivity contribution < 1.29 is 4.79 Å². The van der Waals surface area contributed by atoms with Crippen molar-refractivity contribution in [2.75, 3.05) is 24.7 Å². The van der Waals surface area contributed by atoms with Gasteiger partial charge in [-0.15, -0.1) is 5.10 Å². The van der Waals surface area contributed by atoms with Crippen LogP contribution in [0.15, 0.2) is 72.8 Å². The van der Waals surface area contributed by atoms with E-state index in [0.29, 0.717) is 12.7 Å². The summed E-state index contributed by atoms with van der Waals surface area (Å²) in [6.45, 7) is 2.11. The molecule has 8 nitrogen and oxygen atoms in total. The van der Waals surface area contributed by atoms with E-state index in [2.05, 4.69) is 89.9 Å². The quantitative estimate of drug-likeness (QED) is 0.430. The zero-order valence-corrected chi connectivity index (χ0v) is 21.5. The predicted molar refractivity (Wildman–Crippen MR) is 147 cm³/mol. The number of fused-ring (bicyclic) bond motifs is 1. The van der Waals surface area contributed by atoms with Crippen LogP contribution in [0.4, 0.5) is 5.69 Å². The summed E-state index contributed by atoms with van der Waals surface area (Å²) in [6.07, 6.45) is 6.18. The van der Waals surface area contributed by atoms with Gasteiger partial charge in [-0.1, -0.05) is 73.5 Å². The summed E-state index contributed by atoms with van der Waals surface area (Å²) < 4.78 is 2.10. The molecular weight excluding hydrogens is 474 g/mol. The van der Waals surface area contributed by atoms with E-state index in [-0.39, 0.29) is 11.9 Å². The molecule has 8 heteroatoms. The SMILES string of the molecule is O=C1NCN(c2ccccc2)C12CCN(C(c1cccc3ccccc13)c1nnnn1C1CCCC1)CC2. The largest absolute Gasteiger partial charge is 0.339 e. The minimum Gasteiger partial charge on any atom is -0.339 e. The van der Waals surface area contributed by atoms with Gasteiger partial charge in [0.2, 0.25) is 5.91 Å². The number of likely N-dealkylation sites (tertiary alicyclic amines) is 1. The number of carbonyl (C=O) groups is 1. The molecule has 0 radical (unpaired) electrons. The molecule has 1 aromatic heterocycles. The van der Waals surface area contributed by atoms with Crippen LogP contribution in [0.1, 0.15) is 62.0 Å². The van der Waals surface area contributed by atoms with E-state index in [0.717, 1.165) is 50.3 Å². The van der Waals surface area contributed by atoms with Crippen LogP contribution in [-0.4, -0.2) is 56.3 Å². The van der Waals surface area contributed by atoms with Gasteiger partial charge in [-0.25, -0.2) is 4.68 Å². The number of anilines is 1. The molecule has 3 aliphatic rings. The second kappa shape index (κ2) is 9.51. The number of tetrazole rings is 1. The third-order valence-electron chi connectivity index (χ3n) is 8.95. The molecule has 2 saturated heterocycles. The highest BCUT2D eigenvalue weighted by atomic mass is 16.2. The average Bonchev–Trinajstić information content (AvgIpc) is 3.73. The first kappa shape index (κ1) is 23.3. The van der Waals surface area contributed by atoms with Gasteiger partial charge < -0.3 is 10.2 Å². The van der Waals surface area contributed by atoms with E-state index in [4.69, 9.17) is 0 Å². The van der Waals surface area contributed by atoms with Crippen LogP contribution in [0.25, 0.3) is 10.8 Å². The first-order valence-electron chi connectivity index (χ1n) is 13.9. The first-order chi connectivity index (χ1) is 18.7. The van der Waals surface area contributed by atoms with Gasteiger partial charge >= 0.3 is 0 Å². The number of para-hydroxylation sites is 1. The smallest absolute Gasteiger partial charge is 0.247 e. The molecule has 2 aliphatic heterocycles. The van der Waals surface area contributed by atoms with Gasteiger partial charge in [0.1, 0.15) is 5.54 Å². The van der Waals surface area contributed by atoms with Crippen molar-refractivity contribution in [1.29, 1.82) is 0 Å². The predicted octanol–water partition coefficient (Wildman–Crippen LogP) is 4.46. The fourth-order valence-electron chi connectivity index (χ4n) is 6.96. The third-order valence-corrected chi connectivity index (χ3v) is 8.95. The molecule has 7 rings (SSSR count). The van der Waals surface area contributed by atoms with Crippen LogP contribution in [0.3, 0.4) is 0 Å². The van der Waals surface area contributed by atoms with Crippen LogP contribution >= 0.6 is 0 Å². The first-order valence-corrected chi connectivity index (χ1v) is 13.9. The van der Waals surface area contributed by atoms with Gasteiger partial charge in [0.25, 0.3) is 0 Å². The molecule has 1 N–H and O–H groups in total. The van der Waals surface area contributed by atoms with E-state index in [9.17, 15) is 4.79 Å². The minimum absolute atomic E-state index is 0.0799. The Morgan fingerprint density at radius 3 is 2.45 bits per heavy atom. The molecule has 1 amide bonds. The number of hydrogen-bond acceptors (Lipinski definition) is 6. The standard InChI is InChI=1S/C30H33N7O/c38-29-30(36(21-31-29)23-11-2-1-3-12-23)17-19-35(20-18-30)27(26-16-8-10-22-9-4-7-15-25(22)26)28-32-33-34-37(28)24-13-5-6-14-24/h1-4,7-12,15-16,24,27H,5-6,13-14,17-21H2,(H,31,38). The molecular formula is C30H33N7O. The molecule has 1 spiro atoms. The van der Waals surface area contributed by atoms with Crippen molar-refractivity contribution >= 4 is 22.4 Å². The maximum atomic E-state index is 13.3. The summed E-state index contributed by atoms with van der Waals surface area (Å²) in [5.74, 6) is 1.05. The molecule has 1 atom stereocenters. The Morgan fingerprint density at radius 1 is 0.895 bits per heavy atom. The summed E-state index contributed by atoms with van der Waals surface area (Å²) >= 11 is 0. The van der Waals surface area contributed by atoms with Crippen LogP contribution in [0.5, 0.6) is 0 Å². The van der Waals surface area contributed by atoms with Crippen LogP contribution < -0.4 is 10.2 Å². The minimum atomic E-state index is -0.529. The maximum Gasteiger partial charge on any atom is 0.247 e. The van der Waals surface area contributed by atoms with Gasteiger partial charge in [0.15, 0.2) is 5.82 Å². The molecule has 1 aliphatic carbocycles. The summed E-state index contributed by atoms with van der Waals surface area (Å²) in [7, 11) is 0. The van der Waals surface area contributed by atoms with Crippen molar-refractivity contribution in [2.24, 2.45) is 0 Å². The summed E-state index contributed by atoms with van der Waals surface area (Å²) in [4.78, 5) is 18.1. The second-order valence-corrected chi connectivity index (χ2v) is 10.9. The van der Waals surface area contributed by atoms with E-state index in [1.807, 2.05) is 18.2 Å². The molecule has 1 saturated carbocycles. The summed E-state index contributed by atoms with van der Waals surface area (Å²) in [5, 5.41) is 18.9.